The van der Waals surface area contributed by atoms with Gasteiger partial charge in [0.2, 0.25) is 11.8 Å². The number of carbonyl (C=O) groups is 2. The van der Waals surface area contributed by atoms with E-state index in [2.05, 4.69) is 15.7 Å². The van der Waals surface area contributed by atoms with Crippen LogP contribution in [0.1, 0.15) is 23.9 Å². The van der Waals surface area contributed by atoms with E-state index in [1.165, 1.54) is 20.1 Å². The summed E-state index contributed by atoms with van der Waals surface area (Å²) in [6.45, 7) is 5.29. The van der Waals surface area contributed by atoms with Gasteiger partial charge in [0, 0.05) is 29.9 Å². The van der Waals surface area contributed by atoms with E-state index in [1.54, 1.807) is 24.3 Å². The Morgan fingerprint density at radius 1 is 1.07 bits per heavy atom. The molecule has 30 heavy (non-hydrogen) atoms. The summed E-state index contributed by atoms with van der Waals surface area (Å²) in [5, 5.41) is 10.1. The molecule has 0 aliphatic rings. The van der Waals surface area contributed by atoms with Crippen LogP contribution in [0.2, 0.25) is 0 Å². The van der Waals surface area contributed by atoms with Crippen molar-refractivity contribution in [1.82, 2.24) is 9.78 Å². The lowest BCUT2D eigenvalue weighted by molar-refractivity contribution is -0.114. The van der Waals surface area contributed by atoms with Crippen molar-refractivity contribution < 1.29 is 14.3 Å². The van der Waals surface area contributed by atoms with Gasteiger partial charge in [-0.1, -0.05) is 18.2 Å². The lowest BCUT2D eigenvalue weighted by Crippen LogP contribution is -2.10. The fourth-order valence-electron chi connectivity index (χ4n) is 3.13. The van der Waals surface area contributed by atoms with Crippen molar-refractivity contribution in [3.8, 4) is 11.4 Å². The molecule has 2 N–H and O–H groups in total. The molecule has 0 saturated carbocycles. The van der Waals surface area contributed by atoms with E-state index >= 15 is 0 Å². The molecule has 7 nitrogen and oxygen atoms in total. The molecule has 3 rings (SSSR count). The van der Waals surface area contributed by atoms with Crippen molar-refractivity contribution in [3.05, 3.63) is 71.6 Å². The number of aromatic nitrogens is 2. The molecule has 0 bridgehead atoms. The van der Waals surface area contributed by atoms with Crippen molar-refractivity contribution in [2.45, 2.75) is 20.8 Å². The van der Waals surface area contributed by atoms with Gasteiger partial charge < -0.3 is 15.4 Å². The second-order valence-corrected chi connectivity index (χ2v) is 6.75. The van der Waals surface area contributed by atoms with Crippen molar-refractivity contribution in [2.24, 2.45) is 0 Å². The lowest BCUT2D eigenvalue weighted by atomic mass is 10.1. The molecule has 0 atom stereocenters. The van der Waals surface area contributed by atoms with Crippen LogP contribution in [0.4, 0.5) is 11.4 Å². The average molecular weight is 404 g/mol. The minimum atomic E-state index is -0.291. The number of nitrogens with zero attached hydrogens (tertiary/aromatic N) is 2. The number of benzene rings is 2. The Balaban J connectivity index is 1.77. The molecule has 1 aromatic heterocycles. The Morgan fingerprint density at radius 2 is 1.80 bits per heavy atom. The Hall–Kier alpha value is -3.87. The third-order valence-corrected chi connectivity index (χ3v) is 4.53. The van der Waals surface area contributed by atoms with Crippen LogP contribution in [0.15, 0.2) is 54.6 Å². The van der Waals surface area contributed by atoms with Crippen molar-refractivity contribution in [3.63, 3.8) is 0 Å². The number of para-hydroxylation sites is 1. The number of ether oxygens (including phenoxy) is 1. The standard InChI is InChI=1S/C23H24N4O3/c1-15-20(16(2)27(26-15)19-8-6-5-7-9-19)11-13-23(29)25-18-10-12-22(30-4)21(14-18)24-17(3)28/h5-14H,1-4H3,(H,24,28)(H,25,29)/b13-11+. The highest BCUT2D eigenvalue weighted by molar-refractivity contribution is 6.02. The molecule has 0 fully saturated rings. The van der Waals surface area contributed by atoms with Crippen LogP contribution in [-0.2, 0) is 9.59 Å². The largest absolute Gasteiger partial charge is 0.495 e. The first-order valence-electron chi connectivity index (χ1n) is 9.45. The molecule has 0 aliphatic heterocycles. The number of anilines is 2. The van der Waals surface area contributed by atoms with Gasteiger partial charge in [-0.25, -0.2) is 4.68 Å². The molecule has 2 amide bonds. The molecule has 2 aromatic carbocycles. The molecule has 0 spiro atoms. The molecule has 0 radical (unpaired) electrons. The first-order chi connectivity index (χ1) is 14.4. The van der Waals surface area contributed by atoms with Gasteiger partial charge in [0.25, 0.3) is 0 Å². The van der Waals surface area contributed by atoms with Crippen molar-refractivity contribution in [2.75, 3.05) is 17.7 Å². The van der Waals surface area contributed by atoms with Crippen LogP contribution in [-0.4, -0.2) is 28.7 Å². The zero-order chi connectivity index (χ0) is 21.7. The molecular weight excluding hydrogens is 380 g/mol. The highest BCUT2D eigenvalue weighted by Crippen LogP contribution is 2.28. The number of aryl methyl sites for hydroxylation is 1. The van der Waals surface area contributed by atoms with Gasteiger partial charge >= 0.3 is 0 Å². The van der Waals surface area contributed by atoms with Gasteiger partial charge in [-0.3, -0.25) is 9.59 Å². The number of methoxy groups -OCH3 is 1. The number of rotatable bonds is 6. The molecule has 0 unspecified atom stereocenters. The Bertz CT molecular complexity index is 1100. The predicted octanol–water partition coefficient (Wildman–Crippen LogP) is 4.11. The number of hydrogen-bond donors (Lipinski definition) is 2. The van der Waals surface area contributed by atoms with Crippen LogP contribution in [0, 0.1) is 13.8 Å². The molecule has 7 heteroatoms. The predicted molar refractivity (Wildman–Crippen MR) is 118 cm³/mol. The van der Waals surface area contributed by atoms with Crippen molar-refractivity contribution in [1.29, 1.82) is 0 Å². The Morgan fingerprint density at radius 3 is 2.47 bits per heavy atom. The van der Waals surface area contributed by atoms with Gasteiger partial charge in [-0.2, -0.15) is 5.10 Å². The molecule has 0 aliphatic carbocycles. The monoisotopic (exact) mass is 404 g/mol. The van der Waals surface area contributed by atoms with Crippen LogP contribution < -0.4 is 15.4 Å². The van der Waals surface area contributed by atoms with Gasteiger partial charge in [0.15, 0.2) is 0 Å². The molecule has 3 aromatic rings. The van der Waals surface area contributed by atoms with Crippen LogP contribution in [0.25, 0.3) is 11.8 Å². The normalized spacial score (nSPS) is 10.8. The van der Waals surface area contributed by atoms with Gasteiger partial charge in [-0.05, 0) is 50.3 Å². The topological polar surface area (TPSA) is 85.2 Å². The number of nitrogens with one attached hydrogen (secondary N) is 2. The fourth-order valence-corrected chi connectivity index (χ4v) is 3.13. The van der Waals surface area contributed by atoms with E-state index in [1.807, 2.05) is 48.9 Å². The molecule has 154 valence electrons. The first kappa shape index (κ1) is 20.9. The SMILES string of the molecule is COc1ccc(NC(=O)/C=C/c2c(C)nn(-c3ccccc3)c2C)cc1NC(C)=O. The van der Waals surface area contributed by atoms with E-state index < -0.39 is 0 Å². The quantitative estimate of drug-likeness (QED) is 0.606. The maximum Gasteiger partial charge on any atom is 0.248 e. The van der Waals surface area contributed by atoms with E-state index in [-0.39, 0.29) is 11.8 Å². The Kier molecular flexibility index (Phi) is 6.32. The first-order valence-corrected chi connectivity index (χ1v) is 9.45. The summed E-state index contributed by atoms with van der Waals surface area (Å²) in [5.74, 6) is -0.00318. The summed E-state index contributed by atoms with van der Waals surface area (Å²) in [5.41, 5.74) is 4.66. The zero-order valence-electron chi connectivity index (χ0n) is 17.4. The minimum Gasteiger partial charge on any atom is -0.495 e. The summed E-state index contributed by atoms with van der Waals surface area (Å²) in [6, 6.07) is 14.9. The maximum atomic E-state index is 12.4. The summed E-state index contributed by atoms with van der Waals surface area (Å²) in [4.78, 5) is 23.8. The lowest BCUT2D eigenvalue weighted by Gasteiger charge is -2.11. The summed E-state index contributed by atoms with van der Waals surface area (Å²) in [6.07, 6.45) is 3.22. The van der Waals surface area contributed by atoms with Gasteiger partial charge in [0.05, 0.1) is 24.2 Å². The highest BCUT2D eigenvalue weighted by atomic mass is 16.5. The van der Waals surface area contributed by atoms with Gasteiger partial charge in [-0.15, -0.1) is 0 Å². The minimum absolute atomic E-state index is 0.224. The number of carbonyl (C=O) groups excluding carboxylic acids is 2. The van der Waals surface area contributed by atoms with Crippen molar-refractivity contribution >= 4 is 29.3 Å². The zero-order valence-corrected chi connectivity index (χ0v) is 17.4. The Labute approximate surface area is 175 Å². The highest BCUT2D eigenvalue weighted by Gasteiger charge is 2.11. The van der Waals surface area contributed by atoms with Crippen LogP contribution in [0.5, 0.6) is 5.75 Å². The summed E-state index contributed by atoms with van der Waals surface area (Å²) in [7, 11) is 1.52. The third kappa shape index (κ3) is 4.75. The average Bonchev–Trinajstić information content (AvgIpc) is 3.00. The third-order valence-electron chi connectivity index (χ3n) is 4.53. The van der Waals surface area contributed by atoms with E-state index in [0.29, 0.717) is 17.1 Å². The van der Waals surface area contributed by atoms with Crippen LogP contribution in [0.3, 0.4) is 0 Å². The van der Waals surface area contributed by atoms with E-state index in [9.17, 15) is 9.59 Å². The number of hydrogen-bond acceptors (Lipinski definition) is 4. The van der Waals surface area contributed by atoms with Crippen LogP contribution >= 0.6 is 0 Å². The molecular formula is C23H24N4O3. The van der Waals surface area contributed by atoms with E-state index in [0.717, 1.165) is 22.6 Å². The number of amides is 2. The van der Waals surface area contributed by atoms with E-state index in [4.69, 9.17) is 4.74 Å². The smallest absolute Gasteiger partial charge is 0.248 e. The van der Waals surface area contributed by atoms with Gasteiger partial charge in [0.1, 0.15) is 5.75 Å². The second kappa shape index (κ2) is 9.09. The summed E-state index contributed by atoms with van der Waals surface area (Å²) >= 11 is 0. The molecule has 0 saturated heterocycles. The maximum absolute atomic E-state index is 12.4. The molecule has 1 heterocycles. The second-order valence-electron chi connectivity index (χ2n) is 6.75. The summed E-state index contributed by atoms with van der Waals surface area (Å²) < 4.78 is 7.08. The fraction of sp³-hybridized carbons (Fsp3) is 0.174.